The smallest absolute Gasteiger partial charge is 0.353 e. The Morgan fingerprint density at radius 3 is 2.95 bits per heavy atom. The number of hydrogen-bond donors (Lipinski definition) is 2. The van der Waals surface area contributed by atoms with Crippen molar-refractivity contribution in [3.8, 4) is 17.2 Å². The minimum atomic E-state index is -0.748. The summed E-state index contributed by atoms with van der Waals surface area (Å²) in [4.78, 5) is 16.1. The summed E-state index contributed by atoms with van der Waals surface area (Å²) < 4.78 is 12.0. The highest BCUT2D eigenvalue weighted by Gasteiger charge is 2.22. The summed E-state index contributed by atoms with van der Waals surface area (Å²) in [5, 5.41) is 17.4. The second-order valence-corrected chi connectivity index (χ2v) is 5.08. The zero-order valence-electron chi connectivity index (χ0n) is 11.2. The van der Waals surface area contributed by atoms with Crippen LogP contribution in [0.5, 0.6) is 5.75 Å². The highest BCUT2D eigenvalue weighted by Crippen LogP contribution is 2.33. The van der Waals surface area contributed by atoms with Crippen molar-refractivity contribution in [1.82, 2.24) is 19.8 Å². The van der Waals surface area contributed by atoms with Crippen LogP contribution in [0.3, 0.4) is 0 Å². The van der Waals surface area contributed by atoms with E-state index >= 15 is 0 Å². The molecule has 0 atom stereocenters. The normalized spacial score (nSPS) is 11.5. The molecule has 4 aromatic rings. The molecule has 0 bridgehead atoms. The van der Waals surface area contributed by atoms with Crippen molar-refractivity contribution in [2.24, 2.45) is 0 Å². The second kappa shape index (κ2) is 4.28. The number of aromatic amines is 1. The highest BCUT2D eigenvalue weighted by atomic mass is 32.1. The van der Waals surface area contributed by atoms with Crippen LogP contribution in [0.25, 0.3) is 28.3 Å². The van der Waals surface area contributed by atoms with Crippen LogP contribution in [0.1, 0.15) is 5.56 Å². The molecule has 9 heteroatoms. The van der Waals surface area contributed by atoms with Gasteiger partial charge in [0.15, 0.2) is 5.56 Å². The number of nitrogens with one attached hydrogen (secondary N) is 1. The number of aryl methyl sites for hydroxylation is 1. The number of aromatic hydroxyl groups is 1. The number of nitrogens with zero attached hydrogens (tertiary/aromatic N) is 3. The van der Waals surface area contributed by atoms with E-state index in [1.54, 1.807) is 25.1 Å². The number of benzene rings is 1. The van der Waals surface area contributed by atoms with Gasteiger partial charge in [0.1, 0.15) is 11.3 Å². The van der Waals surface area contributed by atoms with Gasteiger partial charge in [-0.2, -0.15) is 4.98 Å². The fourth-order valence-electron chi connectivity index (χ4n) is 2.27. The summed E-state index contributed by atoms with van der Waals surface area (Å²) in [7, 11) is 0. The van der Waals surface area contributed by atoms with E-state index in [0.717, 1.165) is 5.56 Å². The molecule has 22 heavy (non-hydrogen) atoms. The molecular formula is C13H8N4O4S. The van der Waals surface area contributed by atoms with Gasteiger partial charge in [-0.1, -0.05) is 12.1 Å². The molecule has 3 aromatic heterocycles. The van der Waals surface area contributed by atoms with Crippen LogP contribution in [0, 0.1) is 11.7 Å². The summed E-state index contributed by atoms with van der Waals surface area (Å²) in [5.41, 5.74) is 0.151. The largest absolute Gasteiger partial charge is 0.506 e. The summed E-state index contributed by atoms with van der Waals surface area (Å²) >= 11 is 4.84. The standard InChI is InChI=1S/C13H8N4O4S/c1-5-3-2-4-6-8(18)7(11(19)20-9(5)6)10-15-17-13(21-10)14-12(22)16-17/h2-4,18H,1H3,(H,16,22). The third-order valence-electron chi connectivity index (χ3n) is 3.28. The average Bonchev–Trinajstić information content (AvgIpc) is 2.97. The summed E-state index contributed by atoms with van der Waals surface area (Å²) in [6.07, 6.45) is 0. The van der Waals surface area contributed by atoms with Gasteiger partial charge in [0.2, 0.25) is 4.77 Å². The number of fused-ring (bicyclic) bond motifs is 2. The molecule has 0 saturated heterocycles. The Morgan fingerprint density at radius 1 is 1.36 bits per heavy atom. The van der Waals surface area contributed by atoms with Crippen molar-refractivity contribution >= 4 is 29.0 Å². The highest BCUT2D eigenvalue weighted by molar-refractivity contribution is 7.71. The Labute approximate surface area is 126 Å². The van der Waals surface area contributed by atoms with Crippen LogP contribution in [-0.4, -0.2) is 24.9 Å². The topological polar surface area (TPSA) is 110 Å². The lowest BCUT2D eigenvalue weighted by Gasteiger charge is -2.04. The zero-order valence-corrected chi connectivity index (χ0v) is 12.0. The fourth-order valence-corrected chi connectivity index (χ4v) is 2.43. The minimum absolute atomic E-state index is 0.0862. The van der Waals surface area contributed by atoms with E-state index in [-0.39, 0.29) is 27.8 Å². The lowest BCUT2D eigenvalue weighted by molar-refractivity contribution is 0.465. The van der Waals surface area contributed by atoms with Crippen molar-refractivity contribution < 1.29 is 13.9 Å². The van der Waals surface area contributed by atoms with Crippen molar-refractivity contribution in [3.05, 3.63) is 39.0 Å². The molecule has 0 aliphatic rings. The summed E-state index contributed by atoms with van der Waals surface area (Å²) in [6, 6.07) is 5.18. The minimum Gasteiger partial charge on any atom is -0.506 e. The van der Waals surface area contributed by atoms with Crippen molar-refractivity contribution in [2.75, 3.05) is 0 Å². The molecule has 0 aliphatic heterocycles. The average molecular weight is 316 g/mol. The van der Waals surface area contributed by atoms with Crippen LogP contribution >= 0.6 is 12.2 Å². The third-order valence-corrected chi connectivity index (χ3v) is 3.46. The van der Waals surface area contributed by atoms with E-state index in [1.165, 1.54) is 4.63 Å². The molecule has 0 amide bonds. The Bertz CT molecular complexity index is 1120. The van der Waals surface area contributed by atoms with Gasteiger partial charge in [-0.3, -0.25) is 0 Å². The van der Waals surface area contributed by atoms with Gasteiger partial charge in [0.25, 0.3) is 5.89 Å². The molecular weight excluding hydrogens is 308 g/mol. The van der Waals surface area contributed by atoms with Gasteiger partial charge < -0.3 is 13.9 Å². The maximum Gasteiger partial charge on any atom is 0.353 e. The molecule has 0 fully saturated rings. The summed E-state index contributed by atoms with van der Waals surface area (Å²) in [5.74, 6) is -0.274. The predicted octanol–water partition coefficient (Wildman–Crippen LogP) is 2.17. The first-order valence-electron chi connectivity index (χ1n) is 6.26. The van der Waals surface area contributed by atoms with Gasteiger partial charge in [0, 0.05) is 0 Å². The van der Waals surface area contributed by atoms with E-state index in [0.29, 0.717) is 11.0 Å². The van der Waals surface area contributed by atoms with Crippen LogP contribution in [-0.2, 0) is 0 Å². The summed E-state index contributed by atoms with van der Waals surface area (Å²) in [6.45, 7) is 1.78. The third kappa shape index (κ3) is 1.69. The quantitative estimate of drug-likeness (QED) is 0.409. The molecule has 8 nitrogen and oxygen atoms in total. The Morgan fingerprint density at radius 2 is 2.18 bits per heavy atom. The first-order chi connectivity index (χ1) is 10.5. The molecule has 1 aromatic carbocycles. The number of hydrogen-bond acceptors (Lipinski definition) is 7. The van der Waals surface area contributed by atoms with E-state index in [4.69, 9.17) is 21.1 Å². The first kappa shape index (κ1) is 12.8. The van der Waals surface area contributed by atoms with Gasteiger partial charge in [-0.15, -0.1) is 9.73 Å². The first-order valence-corrected chi connectivity index (χ1v) is 6.67. The molecule has 0 spiro atoms. The van der Waals surface area contributed by atoms with Gasteiger partial charge >= 0.3 is 11.5 Å². The molecule has 4 rings (SSSR count). The Hall–Kier alpha value is -2.94. The molecule has 0 aliphatic carbocycles. The monoisotopic (exact) mass is 316 g/mol. The molecule has 2 N–H and O–H groups in total. The van der Waals surface area contributed by atoms with Gasteiger partial charge in [0.05, 0.1) is 5.39 Å². The van der Waals surface area contributed by atoms with Crippen LogP contribution in [0.2, 0.25) is 0 Å². The number of rotatable bonds is 1. The van der Waals surface area contributed by atoms with Gasteiger partial charge in [-0.25, -0.2) is 9.89 Å². The van der Waals surface area contributed by atoms with E-state index in [9.17, 15) is 9.90 Å². The zero-order chi connectivity index (χ0) is 15.4. The SMILES string of the molecule is Cc1cccc2c(O)c(-c3nn4[nH]c(=S)nc4o3)c(=O)oc12. The lowest BCUT2D eigenvalue weighted by atomic mass is 10.1. The maximum absolute atomic E-state index is 12.2. The van der Waals surface area contributed by atoms with Crippen molar-refractivity contribution in [2.45, 2.75) is 6.92 Å². The van der Waals surface area contributed by atoms with E-state index < -0.39 is 5.63 Å². The van der Waals surface area contributed by atoms with Crippen LogP contribution in [0.15, 0.2) is 31.8 Å². The number of para-hydroxylation sites is 1. The van der Waals surface area contributed by atoms with Crippen LogP contribution < -0.4 is 5.63 Å². The van der Waals surface area contributed by atoms with Gasteiger partial charge in [-0.05, 0) is 30.8 Å². The molecule has 0 unspecified atom stereocenters. The predicted molar refractivity (Wildman–Crippen MR) is 78.3 cm³/mol. The maximum atomic E-state index is 12.2. The molecule has 3 heterocycles. The lowest BCUT2D eigenvalue weighted by Crippen LogP contribution is -2.05. The van der Waals surface area contributed by atoms with Crippen molar-refractivity contribution in [3.63, 3.8) is 0 Å². The molecule has 110 valence electrons. The molecule has 0 saturated carbocycles. The van der Waals surface area contributed by atoms with E-state index in [2.05, 4.69) is 15.2 Å². The Balaban J connectivity index is 2.07. The van der Waals surface area contributed by atoms with E-state index in [1.807, 2.05) is 0 Å². The number of H-pyrrole nitrogens is 1. The molecule has 0 radical (unpaired) electrons. The Kier molecular flexibility index (Phi) is 2.48. The fraction of sp³-hybridized carbons (Fsp3) is 0.0769. The number of aromatic nitrogens is 4. The van der Waals surface area contributed by atoms with Crippen molar-refractivity contribution in [1.29, 1.82) is 0 Å². The van der Waals surface area contributed by atoms with Crippen LogP contribution in [0.4, 0.5) is 0 Å². The second-order valence-electron chi connectivity index (χ2n) is 4.70.